The number of aromatic nitrogens is 2. The van der Waals surface area contributed by atoms with Crippen molar-refractivity contribution in [2.24, 2.45) is 5.41 Å². The van der Waals surface area contributed by atoms with Gasteiger partial charge in [0.2, 0.25) is 0 Å². The zero-order valence-electron chi connectivity index (χ0n) is 8.74. The molecule has 0 bridgehead atoms. The van der Waals surface area contributed by atoms with Crippen LogP contribution in [-0.4, -0.2) is 8.75 Å². The highest BCUT2D eigenvalue weighted by Gasteiger charge is 2.11. The molecule has 0 fully saturated rings. The minimum atomic E-state index is 0.330. The van der Waals surface area contributed by atoms with Crippen LogP contribution in [0.5, 0.6) is 0 Å². The van der Waals surface area contributed by atoms with Gasteiger partial charge in [-0.2, -0.15) is 8.75 Å². The molecule has 0 N–H and O–H groups in total. The standard InChI is InChI=1S/C11H14N2S/c1-11(2,3)7-8-4-5-9-10(6-8)13-14-12-9/h4-6H,7H2,1-3H3. The van der Waals surface area contributed by atoms with Crippen molar-refractivity contribution in [1.29, 1.82) is 0 Å². The van der Waals surface area contributed by atoms with Gasteiger partial charge >= 0.3 is 0 Å². The summed E-state index contributed by atoms with van der Waals surface area (Å²) in [5, 5.41) is 0. The third-order valence-electron chi connectivity index (χ3n) is 2.05. The summed E-state index contributed by atoms with van der Waals surface area (Å²) in [5.74, 6) is 0. The van der Waals surface area contributed by atoms with Crippen molar-refractivity contribution in [3.63, 3.8) is 0 Å². The predicted octanol–water partition coefficient (Wildman–Crippen LogP) is 3.28. The highest BCUT2D eigenvalue weighted by atomic mass is 32.1. The quantitative estimate of drug-likeness (QED) is 0.715. The van der Waals surface area contributed by atoms with Crippen molar-refractivity contribution in [3.05, 3.63) is 23.8 Å². The Morgan fingerprint density at radius 3 is 2.57 bits per heavy atom. The molecule has 0 saturated carbocycles. The normalized spacial score (nSPS) is 12.2. The van der Waals surface area contributed by atoms with Crippen molar-refractivity contribution < 1.29 is 0 Å². The van der Waals surface area contributed by atoms with Gasteiger partial charge in [-0.05, 0) is 29.5 Å². The summed E-state index contributed by atoms with van der Waals surface area (Å²) in [5.41, 5.74) is 3.71. The van der Waals surface area contributed by atoms with E-state index in [0.717, 1.165) is 17.5 Å². The second kappa shape index (κ2) is 3.31. The third kappa shape index (κ3) is 2.10. The van der Waals surface area contributed by atoms with Crippen molar-refractivity contribution in [2.45, 2.75) is 27.2 Å². The van der Waals surface area contributed by atoms with E-state index in [-0.39, 0.29) is 0 Å². The summed E-state index contributed by atoms with van der Waals surface area (Å²) in [6.07, 6.45) is 1.08. The van der Waals surface area contributed by atoms with E-state index in [9.17, 15) is 0 Å². The zero-order valence-corrected chi connectivity index (χ0v) is 9.56. The molecule has 0 radical (unpaired) electrons. The topological polar surface area (TPSA) is 25.8 Å². The van der Waals surface area contributed by atoms with Crippen LogP contribution < -0.4 is 0 Å². The molecule has 0 saturated heterocycles. The Morgan fingerprint density at radius 2 is 1.86 bits per heavy atom. The molecule has 0 amide bonds. The van der Waals surface area contributed by atoms with Gasteiger partial charge in [0.25, 0.3) is 0 Å². The number of rotatable bonds is 1. The molecule has 3 heteroatoms. The maximum atomic E-state index is 4.24. The molecule has 0 aliphatic heterocycles. The molecule has 74 valence electrons. The second-order valence-electron chi connectivity index (χ2n) is 4.82. The van der Waals surface area contributed by atoms with E-state index in [1.165, 1.54) is 17.3 Å². The van der Waals surface area contributed by atoms with E-state index >= 15 is 0 Å². The van der Waals surface area contributed by atoms with Gasteiger partial charge in [0, 0.05) is 0 Å². The van der Waals surface area contributed by atoms with Crippen molar-refractivity contribution in [2.75, 3.05) is 0 Å². The summed E-state index contributed by atoms with van der Waals surface area (Å²) < 4.78 is 8.43. The largest absolute Gasteiger partial charge is 0.173 e. The summed E-state index contributed by atoms with van der Waals surface area (Å²) in [4.78, 5) is 0. The lowest BCUT2D eigenvalue weighted by Gasteiger charge is -2.17. The van der Waals surface area contributed by atoms with Gasteiger partial charge in [0.05, 0.1) is 11.7 Å². The maximum absolute atomic E-state index is 4.24. The van der Waals surface area contributed by atoms with Gasteiger partial charge < -0.3 is 0 Å². The van der Waals surface area contributed by atoms with Gasteiger partial charge in [-0.25, -0.2) is 0 Å². The molecule has 2 rings (SSSR count). The van der Waals surface area contributed by atoms with E-state index < -0.39 is 0 Å². The SMILES string of the molecule is CC(C)(C)Cc1ccc2nsnc2c1. The highest BCUT2D eigenvalue weighted by Crippen LogP contribution is 2.22. The van der Waals surface area contributed by atoms with Crippen LogP contribution in [0.2, 0.25) is 0 Å². The highest BCUT2D eigenvalue weighted by molar-refractivity contribution is 7.00. The molecular formula is C11H14N2S. The van der Waals surface area contributed by atoms with Crippen LogP contribution in [0.1, 0.15) is 26.3 Å². The molecular weight excluding hydrogens is 192 g/mol. The van der Waals surface area contributed by atoms with Gasteiger partial charge in [-0.3, -0.25) is 0 Å². The smallest absolute Gasteiger partial charge is 0.105 e. The molecule has 0 spiro atoms. The molecule has 2 aromatic rings. The molecule has 1 aromatic heterocycles. The number of hydrogen-bond acceptors (Lipinski definition) is 3. The Kier molecular flexibility index (Phi) is 2.27. The van der Waals surface area contributed by atoms with Crippen molar-refractivity contribution in [3.8, 4) is 0 Å². The first-order valence-electron chi connectivity index (χ1n) is 4.76. The molecule has 0 aliphatic rings. The molecule has 14 heavy (non-hydrogen) atoms. The van der Waals surface area contributed by atoms with Crippen molar-refractivity contribution >= 4 is 22.8 Å². The molecule has 0 atom stereocenters. The summed E-state index contributed by atoms with van der Waals surface area (Å²) in [6, 6.07) is 6.35. The van der Waals surface area contributed by atoms with E-state index in [1.54, 1.807) is 0 Å². The molecule has 0 aliphatic carbocycles. The Labute approximate surface area is 88.3 Å². The lowest BCUT2D eigenvalue weighted by atomic mass is 9.88. The van der Waals surface area contributed by atoms with Gasteiger partial charge in [0.15, 0.2) is 0 Å². The Morgan fingerprint density at radius 1 is 1.14 bits per heavy atom. The van der Waals surface area contributed by atoms with Gasteiger partial charge in [-0.15, -0.1) is 0 Å². The van der Waals surface area contributed by atoms with E-state index in [1.807, 2.05) is 0 Å². The number of hydrogen-bond donors (Lipinski definition) is 0. The van der Waals surface area contributed by atoms with Crippen molar-refractivity contribution in [1.82, 2.24) is 8.75 Å². The molecule has 1 aromatic carbocycles. The molecule has 2 nitrogen and oxygen atoms in total. The lowest BCUT2D eigenvalue weighted by molar-refractivity contribution is 0.411. The first-order valence-corrected chi connectivity index (χ1v) is 5.49. The van der Waals surface area contributed by atoms with E-state index in [0.29, 0.717) is 5.41 Å². The van der Waals surface area contributed by atoms with Crippen LogP contribution >= 0.6 is 11.7 Å². The molecule has 0 unspecified atom stereocenters. The fraction of sp³-hybridized carbons (Fsp3) is 0.455. The minimum Gasteiger partial charge on any atom is -0.173 e. The average Bonchev–Trinajstić information content (AvgIpc) is 2.47. The minimum absolute atomic E-state index is 0.330. The van der Waals surface area contributed by atoms with Gasteiger partial charge in [0.1, 0.15) is 11.0 Å². The van der Waals surface area contributed by atoms with Crippen LogP contribution in [0.25, 0.3) is 11.0 Å². The first-order chi connectivity index (χ1) is 6.54. The monoisotopic (exact) mass is 206 g/mol. The fourth-order valence-corrected chi connectivity index (χ4v) is 2.07. The van der Waals surface area contributed by atoms with E-state index in [2.05, 4.69) is 47.7 Å². The van der Waals surface area contributed by atoms with E-state index in [4.69, 9.17) is 0 Å². The summed E-state index contributed by atoms with van der Waals surface area (Å²) in [6.45, 7) is 6.74. The van der Waals surface area contributed by atoms with Crippen LogP contribution in [0, 0.1) is 5.41 Å². The number of nitrogens with zero attached hydrogens (tertiary/aromatic N) is 2. The number of fused-ring (bicyclic) bond motifs is 1. The average molecular weight is 206 g/mol. The summed E-state index contributed by atoms with van der Waals surface area (Å²) in [7, 11) is 0. The summed E-state index contributed by atoms with van der Waals surface area (Å²) >= 11 is 1.28. The Balaban J connectivity index is 2.35. The maximum Gasteiger partial charge on any atom is 0.105 e. The van der Waals surface area contributed by atoms with Crippen LogP contribution in [-0.2, 0) is 6.42 Å². The first kappa shape index (κ1) is 9.59. The molecule has 1 heterocycles. The number of benzene rings is 1. The predicted molar refractivity (Wildman–Crippen MR) is 60.6 cm³/mol. The van der Waals surface area contributed by atoms with Crippen LogP contribution in [0.4, 0.5) is 0 Å². The van der Waals surface area contributed by atoms with Gasteiger partial charge in [-0.1, -0.05) is 26.8 Å². The zero-order chi connectivity index (χ0) is 10.2. The van der Waals surface area contributed by atoms with Crippen LogP contribution in [0.3, 0.4) is 0 Å². The third-order valence-corrected chi connectivity index (χ3v) is 2.61. The Bertz CT molecular complexity index is 440. The fourth-order valence-electron chi connectivity index (χ4n) is 1.55. The Hall–Kier alpha value is -0.960. The van der Waals surface area contributed by atoms with Crippen LogP contribution in [0.15, 0.2) is 18.2 Å². The lowest BCUT2D eigenvalue weighted by Crippen LogP contribution is -2.08. The second-order valence-corrected chi connectivity index (χ2v) is 5.35.